The van der Waals surface area contributed by atoms with E-state index in [0.717, 1.165) is 6.54 Å². The predicted molar refractivity (Wildman–Crippen MR) is 63.1 cm³/mol. The fraction of sp³-hybridized carbons (Fsp3) is 0.667. The number of hydrogen-bond donors (Lipinski definition) is 0. The van der Waals surface area contributed by atoms with Crippen LogP contribution >= 0.6 is 0 Å². The number of hydrogen-bond acceptors (Lipinski definition) is 4. The standard InChI is InChI=1S/C12H17N3O2/c1-14-8-13-11(6-12(14)16)17-10-7-15-4-2-9(10)3-5-15/h6,8-10H,2-5,7H2,1H3. The molecule has 4 rings (SSSR count). The lowest BCUT2D eigenvalue weighted by atomic mass is 9.86. The van der Waals surface area contributed by atoms with Gasteiger partial charge in [-0.25, -0.2) is 4.98 Å². The number of aromatic nitrogens is 2. The third kappa shape index (κ3) is 2.07. The van der Waals surface area contributed by atoms with Crippen LogP contribution in [0.2, 0.25) is 0 Å². The molecule has 0 aromatic carbocycles. The van der Waals surface area contributed by atoms with Crippen LogP contribution in [0.1, 0.15) is 12.8 Å². The van der Waals surface area contributed by atoms with Gasteiger partial charge in [-0.3, -0.25) is 9.69 Å². The summed E-state index contributed by atoms with van der Waals surface area (Å²) in [6, 6.07) is 1.47. The first kappa shape index (κ1) is 10.8. The van der Waals surface area contributed by atoms with Crippen LogP contribution in [0.15, 0.2) is 17.2 Å². The van der Waals surface area contributed by atoms with Crippen LogP contribution in [0.5, 0.6) is 5.88 Å². The summed E-state index contributed by atoms with van der Waals surface area (Å²) in [5.74, 6) is 1.10. The van der Waals surface area contributed by atoms with Crippen molar-refractivity contribution < 1.29 is 4.74 Å². The molecule has 5 nitrogen and oxygen atoms in total. The topological polar surface area (TPSA) is 47.4 Å². The molecule has 5 heteroatoms. The summed E-state index contributed by atoms with van der Waals surface area (Å²) in [4.78, 5) is 18.0. The average molecular weight is 235 g/mol. The Balaban J connectivity index is 1.74. The Morgan fingerprint density at radius 3 is 2.76 bits per heavy atom. The van der Waals surface area contributed by atoms with Crippen molar-refractivity contribution in [3.8, 4) is 5.88 Å². The van der Waals surface area contributed by atoms with Gasteiger partial charge in [0.15, 0.2) is 0 Å². The minimum Gasteiger partial charge on any atom is -0.473 e. The quantitative estimate of drug-likeness (QED) is 0.737. The summed E-state index contributed by atoms with van der Waals surface area (Å²) in [5, 5.41) is 0. The van der Waals surface area contributed by atoms with Gasteiger partial charge in [-0.2, -0.15) is 0 Å². The Morgan fingerprint density at radius 2 is 2.18 bits per heavy atom. The van der Waals surface area contributed by atoms with Crippen LogP contribution in [0.25, 0.3) is 0 Å². The molecule has 3 fully saturated rings. The van der Waals surface area contributed by atoms with Gasteiger partial charge >= 0.3 is 0 Å². The molecule has 1 unspecified atom stereocenters. The van der Waals surface area contributed by atoms with Gasteiger partial charge in [-0.05, 0) is 31.8 Å². The van der Waals surface area contributed by atoms with E-state index in [-0.39, 0.29) is 11.7 Å². The molecule has 3 aliphatic heterocycles. The molecule has 1 aromatic rings. The van der Waals surface area contributed by atoms with Crippen molar-refractivity contribution >= 4 is 0 Å². The predicted octanol–water partition coefficient (Wildman–Crippen LogP) is 0.253. The smallest absolute Gasteiger partial charge is 0.256 e. The Bertz CT molecular complexity index is 463. The lowest BCUT2D eigenvalue weighted by molar-refractivity contribution is -0.0101. The van der Waals surface area contributed by atoms with Crippen molar-refractivity contribution in [1.29, 1.82) is 0 Å². The van der Waals surface area contributed by atoms with Gasteiger partial charge in [0, 0.05) is 13.6 Å². The number of ether oxygens (including phenoxy) is 1. The SMILES string of the molecule is Cn1cnc(OC2CN3CCC2CC3)cc1=O. The molecule has 92 valence electrons. The maximum atomic E-state index is 11.5. The molecule has 0 amide bonds. The van der Waals surface area contributed by atoms with E-state index < -0.39 is 0 Å². The van der Waals surface area contributed by atoms with Crippen LogP contribution in [0.4, 0.5) is 0 Å². The zero-order valence-corrected chi connectivity index (χ0v) is 10.0. The Labute approximate surface area is 100 Å². The molecule has 0 saturated carbocycles. The molecular formula is C12H17N3O2. The number of nitrogens with zero attached hydrogens (tertiary/aromatic N) is 3. The molecule has 0 spiro atoms. The third-order valence-corrected chi connectivity index (χ3v) is 3.82. The molecule has 17 heavy (non-hydrogen) atoms. The van der Waals surface area contributed by atoms with Crippen LogP contribution < -0.4 is 10.3 Å². The average Bonchev–Trinajstić information content (AvgIpc) is 2.35. The first-order chi connectivity index (χ1) is 8.22. The Morgan fingerprint density at radius 1 is 1.41 bits per heavy atom. The van der Waals surface area contributed by atoms with E-state index in [1.165, 1.54) is 42.9 Å². The van der Waals surface area contributed by atoms with Crippen LogP contribution in [-0.2, 0) is 7.05 Å². The molecule has 1 aromatic heterocycles. The fourth-order valence-electron chi connectivity index (χ4n) is 2.71. The van der Waals surface area contributed by atoms with Gasteiger partial charge in [-0.1, -0.05) is 0 Å². The molecule has 1 atom stereocenters. The van der Waals surface area contributed by atoms with Crippen molar-refractivity contribution in [2.75, 3.05) is 19.6 Å². The first-order valence-corrected chi connectivity index (χ1v) is 6.14. The van der Waals surface area contributed by atoms with Gasteiger partial charge in [-0.15, -0.1) is 0 Å². The monoisotopic (exact) mass is 235 g/mol. The zero-order valence-electron chi connectivity index (χ0n) is 10.0. The van der Waals surface area contributed by atoms with Crippen LogP contribution in [0.3, 0.4) is 0 Å². The van der Waals surface area contributed by atoms with E-state index in [2.05, 4.69) is 9.88 Å². The molecule has 0 aliphatic carbocycles. The second-order valence-electron chi connectivity index (χ2n) is 4.97. The summed E-state index contributed by atoms with van der Waals surface area (Å²) in [7, 11) is 1.69. The summed E-state index contributed by atoms with van der Waals surface area (Å²) in [6.07, 6.45) is 4.13. The van der Waals surface area contributed by atoms with Crippen molar-refractivity contribution in [2.45, 2.75) is 18.9 Å². The minimum absolute atomic E-state index is 0.0729. The molecule has 3 saturated heterocycles. The van der Waals surface area contributed by atoms with E-state index in [4.69, 9.17) is 4.74 Å². The number of piperidine rings is 3. The summed E-state index contributed by atoms with van der Waals surface area (Å²) >= 11 is 0. The highest BCUT2D eigenvalue weighted by Gasteiger charge is 2.35. The van der Waals surface area contributed by atoms with Crippen molar-refractivity contribution in [2.24, 2.45) is 13.0 Å². The normalized spacial score (nSPS) is 31.5. The molecule has 0 N–H and O–H groups in total. The number of rotatable bonds is 2. The van der Waals surface area contributed by atoms with Crippen molar-refractivity contribution in [3.05, 3.63) is 22.7 Å². The second-order valence-corrected chi connectivity index (χ2v) is 4.97. The summed E-state index contributed by atoms with van der Waals surface area (Å²) in [6.45, 7) is 3.35. The fourth-order valence-corrected chi connectivity index (χ4v) is 2.71. The van der Waals surface area contributed by atoms with E-state index in [0.29, 0.717) is 11.8 Å². The van der Waals surface area contributed by atoms with Crippen LogP contribution in [0, 0.1) is 5.92 Å². The van der Waals surface area contributed by atoms with E-state index in [1.54, 1.807) is 7.05 Å². The van der Waals surface area contributed by atoms with E-state index in [9.17, 15) is 4.79 Å². The van der Waals surface area contributed by atoms with Crippen molar-refractivity contribution in [1.82, 2.24) is 14.5 Å². The number of aryl methyl sites for hydroxylation is 1. The maximum absolute atomic E-state index is 11.5. The molecule has 2 bridgehead atoms. The first-order valence-electron chi connectivity index (χ1n) is 6.14. The third-order valence-electron chi connectivity index (χ3n) is 3.82. The molecular weight excluding hydrogens is 218 g/mol. The highest BCUT2D eigenvalue weighted by Crippen LogP contribution is 2.29. The lowest BCUT2D eigenvalue weighted by Crippen LogP contribution is -2.52. The van der Waals surface area contributed by atoms with Gasteiger partial charge in [0.1, 0.15) is 12.4 Å². The highest BCUT2D eigenvalue weighted by molar-refractivity contribution is 5.07. The molecule has 4 heterocycles. The van der Waals surface area contributed by atoms with Gasteiger partial charge in [0.05, 0.1) is 6.07 Å². The second kappa shape index (κ2) is 4.14. The largest absolute Gasteiger partial charge is 0.473 e. The summed E-state index contributed by atoms with van der Waals surface area (Å²) in [5.41, 5.74) is -0.0729. The highest BCUT2D eigenvalue weighted by atomic mass is 16.5. The number of fused-ring (bicyclic) bond motifs is 3. The van der Waals surface area contributed by atoms with Crippen molar-refractivity contribution in [3.63, 3.8) is 0 Å². The Hall–Kier alpha value is -1.36. The lowest BCUT2D eigenvalue weighted by Gasteiger charge is -2.44. The van der Waals surface area contributed by atoms with E-state index >= 15 is 0 Å². The van der Waals surface area contributed by atoms with Gasteiger partial charge in [0.2, 0.25) is 5.88 Å². The van der Waals surface area contributed by atoms with Gasteiger partial charge in [0.25, 0.3) is 5.56 Å². The molecule has 3 aliphatic rings. The zero-order chi connectivity index (χ0) is 11.8. The van der Waals surface area contributed by atoms with Gasteiger partial charge < -0.3 is 9.30 Å². The Kier molecular flexibility index (Phi) is 2.63. The molecule has 0 radical (unpaired) electrons. The maximum Gasteiger partial charge on any atom is 0.256 e. The minimum atomic E-state index is -0.0729. The van der Waals surface area contributed by atoms with Crippen LogP contribution in [-0.4, -0.2) is 40.2 Å². The summed E-state index contributed by atoms with van der Waals surface area (Å²) < 4.78 is 7.31. The van der Waals surface area contributed by atoms with E-state index in [1.807, 2.05) is 0 Å².